The van der Waals surface area contributed by atoms with Crippen molar-refractivity contribution in [2.45, 2.75) is 40.5 Å². The van der Waals surface area contributed by atoms with Gasteiger partial charge in [-0.3, -0.25) is 14.4 Å². The molecule has 6 nitrogen and oxygen atoms in total. The highest BCUT2D eigenvalue weighted by Gasteiger charge is 2.48. The molecule has 1 N–H and O–H groups in total. The van der Waals surface area contributed by atoms with E-state index in [4.69, 9.17) is 9.84 Å². The van der Waals surface area contributed by atoms with Gasteiger partial charge >= 0.3 is 17.9 Å². The van der Waals surface area contributed by atoms with Crippen LogP contribution in [0.3, 0.4) is 0 Å². The molecule has 0 aromatic rings. The first-order valence-electron chi connectivity index (χ1n) is 6.67. The molecule has 0 heterocycles. The lowest BCUT2D eigenvalue weighted by Crippen LogP contribution is -2.45. The van der Waals surface area contributed by atoms with Crippen LogP contribution >= 0.6 is 0 Å². The normalized spacial score (nSPS) is 14.2. The summed E-state index contributed by atoms with van der Waals surface area (Å²) in [5, 5.41) is 9.13. The number of hydrogen-bond acceptors (Lipinski definition) is 5. The van der Waals surface area contributed by atoms with Crippen molar-refractivity contribution in [2.24, 2.45) is 17.3 Å². The zero-order valence-electron chi connectivity index (χ0n) is 12.8. The monoisotopic (exact) mass is 288 g/mol. The zero-order valence-corrected chi connectivity index (χ0v) is 12.8. The second-order valence-electron chi connectivity index (χ2n) is 5.34. The molecular formula is C14H24O6. The molecule has 0 amide bonds. The molecule has 0 aromatic heterocycles. The Bertz CT molecular complexity index is 361. The molecule has 0 aromatic carbocycles. The van der Waals surface area contributed by atoms with Crippen LogP contribution in [0.2, 0.25) is 0 Å². The maximum Gasteiger partial charge on any atom is 0.312 e. The first kappa shape index (κ1) is 18.4. The molecule has 0 saturated carbocycles. The molecule has 0 aliphatic carbocycles. The molecule has 20 heavy (non-hydrogen) atoms. The third-order valence-corrected chi connectivity index (χ3v) is 3.37. The van der Waals surface area contributed by atoms with Crippen LogP contribution in [0.15, 0.2) is 0 Å². The number of carboxylic acids is 1. The summed E-state index contributed by atoms with van der Waals surface area (Å²) in [4.78, 5) is 35.1. The van der Waals surface area contributed by atoms with E-state index in [-0.39, 0.29) is 6.61 Å². The summed E-state index contributed by atoms with van der Waals surface area (Å²) in [6.45, 7) is 6.53. The first-order chi connectivity index (χ1) is 9.19. The molecule has 0 aliphatic rings. The van der Waals surface area contributed by atoms with E-state index in [0.717, 1.165) is 6.42 Å². The molecule has 0 rings (SSSR count). The summed E-state index contributed by atoms with van der Waals surface area (Å²) in [7, 11) is 1.20. The van der Waals surface area contributed by atoms with E-state index in [2.05, 4.69) is 4.74 Å². The predicted molar refractivity (Wildman–Crippen MR) is 72.0 cm³/mol. The summed E-state index contributed by atoms with van der Waals surface area (Å²) in [6, 6.07) is 0. The largest absolute Gasteiger partial charge is 0.481 e. The topological polar surface area (TPSA) is 89.9 Å². The van der Waals surface area contributed by atoms with E-state index in [0.29, 0.717) is 6.42 Å². The molecule has 0 spiro atoms. The van der Waals surface area contributed by atoms with Crippen molar-refractivity contribution in [3.63, 3.8) is 0 Å². The van der Waals surface area contributed by atoms with Gasteiger partial charge in [0, 0.05) is 0 Å². The summed E-state index contributed by atoms with van der Waals surface area (Å²) in [6.07, 6.45) is 1.55. The first-order valence-corrected chi connectivity index (χ1v) is 6.67. The van der Waals surface area contributed by atoms with Crippen molar-refractivity contribution < 1.29 is 29.0 Å². The van der Waals surface area contributed by atoms with Gasteiger partial charge in [0.05, 0.1) is 31.0 Å². The molecule has 0 radical (unpaired) electrons. The van der Waals surface area contributed by atoms with Gasteiger partial charge in [0.1, 0.15) is 0 Å². The molecule has 0 saturated heterocycles. The van der Waals surface area contributed by atoms with Crippen LogP contribution in [-0.2, 0) is 23.9 Å². The minimum Gasteiger partial charge on any atom is -0.481 e. The van der Waals surface area contributed by atoms with E-state index in [1.54, 1.807) is 0 Å². The fourth-order valence-corrected chi connectivity index (χ4v) is 2.06. The average Bonchev–Trinajstić information content (AvgIpc) is 2.37. The van der Waals surface area contributed by atoms with E-state index in [1.807, 2.05) is 6.92 Å². The average molecular weight is 288 g/mol. The number of carboxylic acid groups (broad SMARTS) is 1. The Balaban J connectivity index is 5.23. The number of aliphatic carboxylic acids is 1. The van der Waals surface area contributed by atoms with Gasteiger partial charge in [-0.05, 0) is 20.3 Å². The Morgan fingerprint density at radius 3 is 2.20 bits per heavy atom. The minimum absolute atomic E-state index is 0.218. The van der Waals surface area contributed by atoms with Crippen LogP contribution in [0.25, 0.3) is 0 Å². The summed E-state index contributed by atoms with van der Waals surface area (Å²) in [5.74, 6) is -4.60. The van der Waals surface area contributed by atoms with Crippen LogP contribution < -0.4 is 0 Å². The fraction of sp³-hybridized carbons (Fsp3) is 0.786. The quantitative estimate of drug-likeness (QED) is 0.541. The maximum atomic E-state index is 12.1. The van der Waals surface area contributed by atoms with Crippen molar-refractivity contribution in [1.82, 2.24) is 0 Å². The van der Waals surface area contributed by atoms with Gasteiger partial charge in [-0.15, -0.1) is 0 Å². The van der Waals surface area contributed by atoms with Gasteiger partial charge in [-0.1, -0.05) is 20.3 Å². The highest BCUT2D eigenvalue weighted by molar-refractivity contribution is 5.88. The van der Waals surface area contributed by atoms with E-state index in [9.17, 15) is 14.4 Å². The minimum atomic E-state index is -1.27. The number of carbonyl (C=O) groups is 3. The standard InChI is InChI=1S/C14H24O6/c1-6-7-8-20-12(17)10(9(2)11(15)16)14(3,4)13(18)19-5/h9-10H,6-8H2,1-5H3,(H,15,16). The van der Waals surface area contributed by atoms with Gasteiger partial charge in [0.2, 0.25) is 0 Å². The maximum absolute atomic E-state index is 12.1. The Kier molecular flexibility index (Phi) is 7.24. The third kappa shape index (κ3) is 4.51. The molecule has 0 aliphatic heterocycles. The lowest BCUT2D eigenvalue weighted by atomic mass is 9.72. The molecule has 2 unspecified atom stereocenters. The number of unbranched alkanes of at least 4 members (excludes halogenated alkanes) is 1. The number of esters is 2. The fourth-order valence-electron chi connectivity index (χ4n) is 2.06. The Labute approximate surface area is 119 Å². The highest BCUT2D eigenvalue weighted by Crippen LogP contribution is 2.35. The molecule has 2 atom stereocenters. The summed E-state index contributed by atoms with van der Waals surface area (Å²) in [5.41, 5.74) is -1.27. The van der Waals surface area contributed by atoms with E-state index < -0.39 is 35.2 Å². The number of methoxy groups -OCH3 is 1. The van der Waals surface area contributed by atoms with Crippen molar-refractivity contribution in [2.75, 3.05) is 13.7 Å². The van der Waals surface area contributed by atoms with Crippen molar-refractivity contribution in [1.29, 1.82) is 0 Å². The van der Waals surface area contributed by atoms with Gasteiger partial charge in [-0.25, -0.2) is 0 Å². The second-order valence-corrected chi connectivity index (χ2v) is 5.34. The van der Waals surface area contributed by atoms with E-state index in [1.165, 1.54) is 27.9 Å². The van der Waals surface area contributed by atoms with Crippen LogP contribution in [0.1, 0.15) is 40.5 Å². The second kappa shape index (κ2) is 7.87. The number of hydrogen-bond donors (Lipinski definition) is 1. The van der Waals surface area contributed by atoms with Gasteiger partial charge < -0.3 is 14.6 Å². The predicted octanol–water partition coefficient (Wildman–Crippen LogP) is 1.87. The number of ether oxygens (including phenoxy) is 2. The van der Waals surface area contributed by atoms with Crippen LogP contribution in [0, 0.1) is 17.3 Å². The van der Waals surface area contributed by atoms with Crippen LogP contribution in [0.4, 0.5) is 0 Å². The van der Waals surface area contributed by atoms with Crippen LogP contribution in [-0.4, -0.2) is 36.7 Å². The molecule has 116 valence electrons. The lowest BCUT2D eigenvalue weighted by molar-refractivity contribution is -0.172. The smallest absolute Gasteiger partial charge is 0.312 e. The zero-order chi connectivity index (χ0) is 15.9. The number of carbonyl (C=O) groups excluding carboxylic acids is 2. The summed E-state index contributed by atoms with van der Waals surface area (Å²) >= 11 is 0. The summed E-state index contributed by atoms with van der Waals surface area (Å²) < 4.78 is 9.75. The highest BCUT2D eigenvalue weighted by atomic mass is 16.5. The molecule has 0 bridgehead atoms. The van der Waals surface area contributed by atoms with Crippen molar-refractivity contribution >= 4 is 17.9 Å². The molecule has 6 heteroatoms. The Morgan fingerprint density at radius 2 is 1.80 bits per heavy atom. The van der Waals surface area contributed by atoms with Gasteiger partial charge in [0.25, 0.3) is 0 Å². The van der Waals surface area contributed by atoms with Crippen LogP contribution in [0.5, 0.6) is 0 Å². The van der Waals surface area contributed by atoms with Gasteiger partial charge in [0.15, 0.2) is 0 Å². The van der Waals surface area contributed by atoms with Crippen molar-refractivity contribution in [3.8, 4) is 0 Å². The Hall–Kier alpha value is -1.59. The van der Waals surface area contributed by atoms with Crippen molar-refractivity contribution in [3.05, 3.63) is 0 Å². The van der Waals surface area contributed by atoms with E-state index >= 15 is 0 Å². The lowest BCUT2D eigenvalue weighted by Gasteiger charge is -2.32. The molecule has 0 fully saturated rings. The number of rotatable bonds is 8. The SMILES string of the molecule is CCCCOC(=O)C(C(C)C(=O)O)C(C)(C)C(=O)OC. The third-order valence-electron chi connectivity index (χ3n) is 3.37. The molecular weight excluding hydrogens is 264 g/mol. The van der Waals surface area contributed by atoms with Gasteiger partial charge in [-0.2, -0.15) is 0 Å². The Morgan fingerprint density at radius 1 is 1.25 bits per heavy atom.